The third-order valence-corrected chi connectivity index (χ3v) is 9.81. The number of halogens is 1. The number of carbonyl (C=O) groups is 2. The third kappa shape index (κ3) is 2.25. The standard InChI is InChI=1S/C21H31BrO2/c1-12(23)15-6-7-16-14-5-4-13-10-19(24)18(22)11-21(13,3)17(14)8-9-20(15,16)2/h13-18H,4-11H2,1-3H3/t13?,14-,15+,16-,17-,18?,20+,21-/m0/s1. The molecule has 8 atom stereocenters. The van der Waals surface area contributed by atoms with E-state index in [2.05, 4.69) is 29.8 Å². The van der Waals surface area contributed by atoms with Crippen molar-refractivity contribution in [3.05, 3.63) is 0 Å². The van der Waals surface area contributed by atoms with E-state index in [0.717, 1.165) is 37.0 Å². The molecule has 134 valence electrons. The molecule has 2 unspecified atom stereocenters. The summed E-state index contributed by atoms with van der Waals surface area (Å²) in [6.07, 6.45) is 9.16. The second-order valence-electron chi connectivity index (χ2n) is 9.78. The molecular weight excluding hydrogens is 364 g/mol. The van der Waals surface area contributed by atoms with Gasteiger partial charge >= 0.3 is 0 Å². The van der Waals surface area contributed by atoms with Crippen molar-refractivity contribution in [2.24, 2.45) is 40.4 Å². The highest BCUT2D eigenvalue weighted by molar-refractivity contribution is 9.10. The van der Waals surface area contributed by atoms with Crippen LogP contribution in [0.25, 0.3) is 0 Å². The largest absolute Gasteiger partial charge is 0.300 e. The summed E-state index contributed by atoms with van der Waals surface area (Å²) in [7, 11) is 0. The quantitative estimate of drug-likeness (QED) is 0.574. The van der Waals surface area contributed by atoms with E-state index in [1.807, 2.05) is 6.92 Å². The van der Waals surface area contributed by atoms with Crippen LogP contribution in [0.3, 0.4) is 0 Å². The van der Waals surface area contributed by atoms with Crippen molar-refractivity contribution in [2.45, 2.75) is 77.0 Å². The van der Waals surface area contributed by atoms with E-state index in [1.165, 1.54) is 32.1 Å². The Hall–Kier alpha value is -0.180. The van der Waals surface area contributed by atoms with Gasteiger partial charge in [0, 0.05) is 12.3 Å². The highest BCUT2D eigenvalue weighted by Crippen LogP contribution is 2.67. The summed E-state index contributed by atoms with van der Waals surface area (Å²) in [4.78, 5) is 24.5. The molecule has 0 saturated heterocycles. The number of carbonyl (C=O) groups excluding carboxylic acids is 2. The molecule has 0 aromatic heterocycles. The summed E-state index contributed by atoms with van der Waals surface area (Å²) < 4.78 is 0. The predicted molar refractivity (Wildman–Crippen MR) is 99.0 cm³/mol. The molecule has 0 aliphatic heterocycles. The first kappa shape index (κ1) is 17.2. The minimum atomic E-state index is 0.0688. The monoisotopic (exact) mass is 394 g/mol. The molecule has 4 saturated carbocycles. The number of fused-ring (bicyclic) bond motifs is 5. The molecule has 4 aliphatic rings. The van der Waals surface area contributed by atoms with E-state index in [1.54, 1.807) is 0 Å². The van der Waals surface area contributed by atoms with Gasteiger partial charge in [-0.1, -0.05) is 29.8 Å². The van der Waals surface area contributed by atoms with Crippen LogP contribution in [0, 0.1) is 40.4 Å². The average molecular weight is 395 g/mol. The van der Waals surface area contributed by atoms with Gasteiger partial charge in [0.15, 0.2) is 0 Å². The Morgan fingerprint density at radius 2 is 1.75 bits per heavy atom. The van der Waals surface area contributed by atoms with Crippen LogP contribution in [0.15, 0.2) is 0 Å². The molecule has 0 N–H and O–H groups in total. The number of ketones is 2. The Morgan fingerprint density at radius 3 is 2.46 bits per heavy atom. The first-order valence-corrected chi connectivity index (χ1v) is 10.9. The molecular formula is C21H31BrO2. The van der Waals surface area contributed by atoms with E-state index in [-0.39, 0.29) is 10.2 Å². The van der Waals surface area contributed by atoms with Gasteiger partial charge in [-0.2, -0.15) is 0 Å². The van der Waals surface area contributed by atoms with E-state index >= 15 is 0 Å². The van der Waals surface area contributed by atoms with Crippen LogP contribution in [0.1, 0.15) is 72.1 Å². The van der Waals surface area contributed by atoms with E-state index in [9.17, 15) is 9.59 Å². The van der Waals surface area contributed by atoms with Crippen LogP contribution >= 0.6 is 15.9 Å². The molecule has 0 aromatic rings. The fourth-order valence-electron chi connectivity index (χ4n) is 7.73. The van der Waals surface area contributed by atoms with Crippen molar-refractivity contribution < 1.29 is 9.59 Å². The minimum Gasteiger partial charge on any atom is -0.300 e. The molecule has 2 nitrogen and oxygen atoms in total. The number of alkyl halides is 1. The first-order valence-electron chi connectivity index (χ1n) is 9.94. The van der Waals surface area contributed by atoms with Gasteiger partial charge < -0.3 is 0 Å². The molecule has 4 aliphatic carbocycles. The highest BCUT2D eigenvalue weighted by atomic mass is 79.9. The van der Waals surface area contributed by atoms with Crippen molar-refractivity contribution >= 4 is 27.5 Å². The van der Waals surface area contributed by atoms with Crippen molar-refractivity contribution in [1.29, 1.82) is 0 Å². The van der Waals surface area contributed by atoms with Gasteiger partial charge in [0.05, 0.1) is 4.83 Å². The molecule has 0 bridgehead atoms. The molecule has 0 radical (unpaired) electrons. The fraction of sp³-hybridized carbons (Fsp3) is 0.905. The molecule has 4 fully saturated rings. The number of hydrogen-bond acceptors (Lipinski definition) is 2. The maximum absolute atomic E-state index is 12.2. The zero-order valence-corrected chi connectivity index (χ0v) is 16.9. The number of rotatable bonds is 1. The van der Waals surface area contributed by atoms with Gasteiger partial charge in [-0.25, -0.2) is 0 Å². The van der Waals surface area contributed by atoms with E-state index in [0.29, 0.717) is 28.8 Å². The topological polar surface area (TPSA) is 34.1 Å². The Bertz CT molecular complexity index is 572. The van der Waals surface area contributed by atoms with Gasteiger partial charge in [-0.15, -0.1) is 0 Å². The lowest BCUT2D eigenvalue weighted by molar-refractivity contribution is -0.142. The van der Waals surface area contributed by atoms with Crippen molar-refractivity contribution in [2.75, 3.05) is 0 Å². The van der Waals surface area contributed by atoms with Crippen molar-refractivity contribution in [3.63, 3.8) is 0 Å². The lowest BCUT2D eigenvalue weighted by Gasteiger charge is -2.60. The van der Waals surface area contributed by atoms with Crippen molar-refractivity contribution in [3.8, 4) is 0 Å². The van der Waals surface area contributed by atoms with Crippen molar-refractivity contribution in [1.82, 2.24) is 0 Å². The Balaban J connectivity index is 1.64. The van der Waals surface area contributed by atoms with E-state index in [4.69, 9.17) is 0 Å². The molecule has 0 heterocycles. The first-order chi connectivity index (χ1) is 11.3. The van der Waals surface area contributed by atoms with Gasteiger partial charge in [0.25, 0.3) is 0 Å². The molecule has 0 spiro atoms. The summed E-state index contributed by atoms with van der Waals surface area (Å²) >= 11 is 3.67. The van der Waals surface area contributed by atoms with Crippen LogP contribution in [-0.4, -0.2) is 16.4 Å². The van der Waals surface area contributed by atoms with Gasteiger partial charge in [0.2, 0.25) is 0 Å². The summed E-state index contributed by atoms with van der Waals surface area (Å²) in [6, 6.07) is 0. The third-order valence-electron chi connectivity index (χ3n) is 8.97. The Morgan fingerprint density at radius 1 is 1.04 bits per heavy atom. The summed E-state index contributed by atoms with van der Waals surface area (Å²) in [6.45, 7) is 6.71. The molecule has 24 heavy (non-hydrogen) atoms. The van der Waals surface area contributed by atoms with Gasteiger partial charge in [-0.05, 0) is 86.4 Å². The molecule has 0 amide bonds. The van der Waals surface area contributed by atoms with Crippen LogP contribution < -0.4 is 0 Å². The smallest absolute Gasteiger partial charge is 0.146 e. The second-order valence-corrected chi connectivity index (χ2v) is 10.9. The summed E-state index contributed by atoms with van der Waals surface area (Å²) in [5, 5.41) is 0. The zero-order valence-electron chi connectivity index (χ0n) is 15.3. The minimum absolute atomic E-state index is 0.0688. The fourth-order valence-corrected chi connectivity index (χ4v) is 8.61. The summed E-state index contributed by atoms with van der Waals surface area (Å²) in [5.74, 6) is 4.00. The normalized spacial score (nSPS) is 53.9. The summed E-state index contributed by atoms with van der Waals surface area (Å²) in [5.41, 5.74) is 0.565. The zero-order chi connectivity index (χ0) is 17.3. The second kappa shape index (κ2) is 5.66. The molecule has 0 aromatic carbocycles. The lowest BCUT2D eigenvalue weighted by atomic mass is 9.44. The molecule has 4 rings (SSSR count). The van der Waals surface area contributed by atoms with Gasteiger partial charge in [0.1, 0.15) is 11.6 Å². The van der Waals surface area contributed by atoms with E-state index < -0.39 is 0 Å². The lowest BCUT2D eigenvalue weighted by Crippen LogP contribution is -2.55. The predicted octanol–water partition coefficient (Wildman–Crippen LogP) is 5.18. The maximum Gasteiger partial charge on any atom is 0.146 e. The Labute approximate surface area is 154 Å². The van der Waals surface area contributed by atoms with Gasteiger partial charge in [-0.3, -0.25) is 9.59 Å². The van der Waals surface area contributed by atoms with Crippen LogP contribution in [0.2, 0.25) is 0 Å². The number of hydrogen-bond donors (Lipinski definition) is 0. The highest BCUT2D eigenvalue weighted by Gasteiger charge is 2.61. The molecule has 3 heteroatoms. The Kier molecular flexibility index (Phi) is 4.07. The van der Waals surface area contributed by atoms with Crippen LogP contribution in [0.4, 0.5) is 0 Å². The SMILES string of the molecule is CC(=O)[C@H]1CC[C@H]2[C@@H]3CCC4CC(=O)C(Br)C[C@]4(C)[C@H]3CC[C@]12C. The average Bonchev–Trinajstić information content (AvgIpc) is 2.86. The maximum atomic E-state index is 12.2. The van der Waals surface area contributed by atoms with Crippen LogP contribution in [-0.2, 0) is 9.59 Å². The van der Waals surface area contributed by atoms with Crippen LogP contribution in [0.5, 0.6) is 0 Å². The number of Topliss-reactive ketones (excluding diaryl/α,β-unsaturated/α-hetero) is 2.